The van der Waals surface area contributed by atoms with Crippen molar-refractivity contribution in [3.8, 4) is 11.1 Å². The number of benzene rings is 2. The maximum absolute atomic E-state index is 13.0. The molecule has 1 aliphatic rings. The van der Waals surface area contributed by atoms with Gasteiger partial charge in [0.05, 0.1) is 12.1 Å². The van der Waals surface area contributed by atoms with Crippen LogP contribution in [-0.2, 0) is 6.54 Å². The van der Waals surface area contributed by atoms with E-state index in [1.165, 1.54) is 0 Å². The van der Waals surface area contributed by atoms with E-state index < -0.39 is 11.0 Å². The van der Waals surface area contributed by atoms with Crippen LogP contribution >= 0.6 is 11.6 Å². The molecule has 0 bridgehead atoms. The fourth-order valence-corrected chi connectivity index (χ4v) is 4.48. The third-order valence-electron chi connectivity index (χ3n) is 5.60. The van der Waals surface area contributed by atoms with Crippen molar-refractivity contribution in [3.05, 3.63) is 59.7 Å². The number of carboxylic acids is 1. The lowest BCUT2D eigenvalue weighted by Gasteiger charge is -2.31. The number of unbranched alkanes of at least 4 members (excludes halogenated alkanes) is 1. The number of halogens is 1. The van der Waals surface area contributed by atoms with Crippen LogP contribution in [0.4, 0.5) is 4.79 Å². The van der Waals surface area contributed by atoms with Crippen molar-refractivity contribution in [2.24, 2.45) is 0 Å². The Hall–Kier alpha value is -2.53. The van der Waals surface area contributed by atoms with Crippen LogP contribution in [0, 0.1) is 0 Å². The van der Waals surface area contributed by atoms with Gasteiger partial charge in [0.2, 0.25) is 0 Å². The van der Waals surface area contributed by atoms with E-state index in [0.717, 1.165) is 43.4 Å². The van der Waals surface area contributed by atoms with Gasteiger partial charge in [-0.15, -0.1) is 0 Å². The SMILES string of the molecule is CCCCN1CC(Cl)(CCC)N(Cc2ccc(-c3ccccc3C(=O)O)cc2)C1=O. The van der Waals surface area contributed by atoms with Crippen LogP contribution in [-0.4, -0.2) is 45.0 Å². The molecule has 1 unspecified atom stereocenters. The molecular weight excluding hydrogens is 400 g/mol. The Kier molecular flexibility index (Phi) is 7.03. The summed E-state index contributed by atoms with van der Waals surface area (Å²) in [7, 11) is 0. The molecular formula is C24H29ClN2O3. The Morgan fingerprint density at radius 1 is 1.10 bits per heavy atom. The monoisotopic (exact) mass is 428 g/mol. The summed E-state index contributed by atoms with van der Waals surface area (Å²) in [6.07, 6.45) is 3.65. The first-order chi connectivity index (χ1) is 14.4. The number of hydrogen-bond donors (Lipinski definition) is 1. The summed E-state index contributed by atoms with van der Waals surface area (Å²) < 4.78 is 0. The Labute approximate surface area is 183 Å². The van der Waals surface area contributed by atoms with Gasteiger partial charge in [0.1, 0.15) is 5.00 Å². The molecule has 160 valence electrons. The molecule has 0 aliphatic carbocycles. The lowest BCUT2D eigenvalue weighted by atomic mass is 9.98. The van der Waals surface area contributed by atoms with E-state index in [4.69, 9.17) is 11.6 Å². The molecule has 2 aromatic carbocycles. The molecule has 5 nitrogen and oxygen atoms in total. The lowest BCUT2D eigenvalue weighted by molar-refractivity contribution is 0.0697. The second-order valence-corrected chi connectivity index (χ2v) is 8.56. The van der Waals surface area contributed by atoms with Gasteiger partial charge in [0.25, 0.3) is 0 Å². The summed E-state index contributed by atoms with van der Waals surface area (Å²) in [5, 5.41) is 9.43. The first-order valence-corrected chi connectivity index (χ1v) is 10.9. The molecule has 3 rings (SSSR count). The molecule has 1 heterocycles. The van der Waals surface area contributed by atoms with Crippen molar-refractivity contribution in [2.75, 3.05) is 13.1 Å². The zero-order chi connectivity index (χ0) is 21.7. The Balaban J connectivity index is 1.81. The highest BCUT2D eigenvalue weighted by Gasteiger charge is 2.47. The van der Waals surface area contributed by atoms with Gasteiger partial charge in [-0.25, -0.2) is 9.59 Å². The van der Waals surface area contributed by atoms with E-state index >= 15 is 0 Å². The number of carbonyl (C=O) groups is 2. The number of carboxylic acid groups (broad SMARTS) is 1. The smallest absolute Gasteiger partial charge is 0.336 e. The zero-order valence-corrected chi connectivity index (χ0v) is 18.4. The predicted molar refractivity (Wildman–Crippen MR) is 120 cm³/mol. The van der Waals surface area contributed by atoms with Crippen LogP contribution in [0.25, 0.3) is 11.1 Å². The van der Waals surface area contributed by atoms with Crippen molar-refractivity contribution in [1.29, 1.82) is 0 Å². The molecule has 0 saturated carbocycles. The van der Waals surface area contributed by atoms with E-state index in [-0.39, 0.29) is 11.6 Å². The quantitative estimate of drug-likeness (QED) is 0.404. The largest absolute Gasteiger partial charge is 0.478 e. The standard InChI is InChI=1S/C24H29ClN2O3/c1-3-5-15-26-17-24(25,14-4-2)27(23(26)30)16-18-10-12-19(13-11-18)20-8-6-7-9-21(20)22(28)29/h6-13H,3-5,14-17H2,1-2H3,(H,28,29). The fraction of sp³-hybridized carbons (Fsp3) is 0.417. The second kappa shape index (κ2) is 9.52. The molecule has 0 aromatic heterocycles. The lowest BCUT2D eigenvalue weighted by Crippen LogP contribution is -2.41. The highest BCUT2D eigenvalue weighted by atomic mass is 35.5. The van der Waals surface area contributed by atoms with E-state index in [9.17, 15) is 14.7 Å². The van der Waals surface area contributed by atoms with Crippen LogP contribution < -0.4 is 0 Å². The minimum atomic E-state index is -0.948. The van der Waals surface area contributed by atoms with Gasteiger partial charge in [-0.1, -0.05) is 80.8 Å². The van der Waals surface area contributed by atoms with Gasteiger partial charge in [-0.2, -0.15) is 0 Å². The molecule has 1 atom stereocenters. The van der Waals surface area contributed by atoms with Crippen molar-refractivity contribution in [2.45, 2.75) is 51.1 Å². The number of amides is 2. The van der Waals surface area contributed by atoms with Gasteiger partial charge < -0.3 is 10.0 Å². The van der Waals surface area contributed by atoms with Crippen LogP contribution in [0.5, 0.6) is 0 Å². The number of hydrogen-bond acceptors (Lipinski definition) is 2. The summed E-state index contributed by atoms with van der Waals surface area (Å²) in [5.41, 5.74) is 2.75. The molecule has 0 radical (unpaired) electrons. The minimum absolute atomic E-state index is 0.00722. The van der Waals surface area contributed by atoms with Crippen molar-refractivity contribution in [1.82, 2.24) is 9.80 Å². The van der Waals surface area contributed by atoms with E-state index in [2.05, 4.69) is 13.8 Å². The third-order valence-corrected chi connectivity index (χ3v) is 6.11. The van der Waals surface area contributed by atoms with E-state index in [1.54, 1.807) is 23.1 Å². The molecule has 2 amide bonds. The van der Waals surface area contributed by atoms with Gasteiger partial charge in [0.15, 0.2) is 0 Å². The number of urea groups is 1. The first-order valence-electron chi connectivity index (χ1n) is 10.6. The molecule has 1 N–H and O–H groups in total. The maximum Gasteiger partial charge on any atom is 0.336 e. The summed E-state index contributed by atoms with van der Waals surface area (Å²) in [4.78, 5) is 27.5. The average Bonchev–Trinajstić information content (AvgIpc) is 2.97. The number of rotatable bonds is 9. The Morgan fingerprint density at radius 2 is 1.80 bits per heavy atom. The molecule has 2 aromatic rings. The summed E-state index contributed by atoms with van der Waals surface area (Å²) in [5.74, 6) is -0.948. The Bertz CT molecular complexity index is 900. The third kappa shape index (κ3) is 4.62. The average molecular weight is 429 g/mol. The second-order valence-electron chi connectivity index (χ2n) is 7.86. The topological polar surface area (TPSA) is 60.9 Å². The molecule has 1 fully saturated rings. The van der Waals surface area contributed by atoms with Gasteiger partial charge >= 0.3 is 12.0 Å². The zero-order valence-electron chi connectivity index (χ0n) is 17.6. The first kappa shape index (κ1) is 22.2. The maximum atomic E-state index is 13.0. The van der Waals surface area contributed by atoms with Crippen LogP contribution in [0.15, 0.2) is 48.5 Å². The van der Waals surface area contributed by atoms with E-state index in [1.807, 2.05) is 35.2 Å². The highest BCUT2D eigenvalue weighted by molar-refractivity contribution is 6.25. The van der Waals surface area contributed by atoms with Crippen molar-refractivity contribution in [3.63, 3.8) is 0 Å². The van der Waals surface area contributed by atoms with Crippen LogP contribution in [0.1, 0.15) is 55.5 Å². The summed E-state index contributed by atoms with van der Waals surface area (Å²) >= 11 is 6.94. The predicted octanol–water partition coefficient (Wildman–Crippen LogP) is 5.82. The Morgan fingerprint density at radius 3 is 2.43 bits per heavy atom. The van der Waals surface area contributed by atoms with Gasteiger partial charge in [-0.3, -0.25) is 4.90 Å². The highest BCUT2D eigenvalue weighted by Crippen LogP contribution is 2.36. The fourth-order valence-electron chi connectivity index (χ4n) is 4.01. The summed E-state index contributed by atoms with van der Waals surface area (Å²) in [6.45, 7) is 5.91. The molecule has 6 heteroatoms. The minimum Gasteiger partial charge on any atom is -0.478 e. The van der Waals surface area contributed by atoms with E-state index in [0.29, 0.717) is 18.7 Å². The van der Waals surface area contributed by atoms with Crippen molar-refractivity contribution >= 4 is 23.6 Å². The number of aromatic carboxylic acids is 1. The summed E-state index contributed by atoms with van der Waals surface area (Å²) in [6, 6.07) is 14.6. The van der Waals surface area contributed by atoms with Gasteiger partial charge in [-0.05, 0) is 35.6 Å². The molecule has 1 saturated heterocycles. The van der Waals surface area contributed by atoms with Crippen molar-refractivity contribution < 1.29 is 14.7 Å². The normalized spacial score (nSPS) is 18.8. The number of carbonyl (C=O) groups excluding carboxylic acids is 1. The number of nitrogens with zero attached hydrogens (tertiary/aromatic N) is 2. The molecule has 0 spiro atoms. The van der Waals surface area contributed by atoms with Gasteiger partial charge in [0, 0.05) is 13.1 Å². The van der Waals surface area contributed by atoms with Crippen LogP contribution in [0.3, 0.4) is 0 Å². The molecule has 30 heavy (non-hydrogen) atoms. The number of alkyl halides is 1. The molecule has 1 aliphatic heterocycles. The van der Waals surface area contributed by atoms with Crippen LogP contribution in [0.2, 0.25) is 0 Å².